The van der Waals surface area contributed by atoms with Crippen molar-refractivity contribution in [2.75, 3.05) is 13.1 Å². The number of hydrogen-bond donors (Lipinski definition) is 2. The smallest absolute Gasteiger partial charge is 0.322 e. The maximum atomic E-state index is 13.2. The summed E-state index contributed by atoms with van der Waals surface area (Å²) in [6.45, 7) is 9.32. The number of aryl methyl sites for hydroxylation is 2. The molecule has 0 spiro atoms. The van der Waals surface area contributed by atoms with Gasteiger partial charge in [0.05, 0.1) is 17.8 Å². The SMILES string of the molecule is Cc1cc(C)c2c(cnn2C2CCN(C(=O)c3ccc(C4(C(C)C)NC(=O)NC4=O)cc3)CC2)c1. The molecule has 8 nitrogen and oxygen atoms in total. The maximum Gasteiger partial charge on any atom is 0.322 e. The summed E-state index contributed by atoms with van der Waals surface area (Å²) in [5, 5.41) is 11.0. The van der Waals surface area contributed by atoms with Gasteiger partial charge in [0, 0.05) is 24.0 Å². The van der Waals surface area contributed by atoms with Crippen LogP contribution in [0.4, 0.5) is 4.79 Å². The predicted molar refractivity (Wildman–Crippen MR) is 133 cm³/mol. The van der Waals surface area contributed by atoms with Gasteiger partial charge in [-0.15, -0.1) is 0 Å². The number of benzene rings is 2. The molecule has 0 radical (unpaired) electrons. The van der Waals surface area contributed by atoms with Crippen LogP contribution in [0, 0.1) is 19.8 Å². The molecule has 0 bridgehead atoms. The lowest BCUT2D eigenvalue weighted by molar-refractivity contribution is -0.125. The van der Waals surface area contributed by atoms with Gasteiger partial charge in [0.2, 0.25) is 0 Å². The number of aromatic nitrogens is 2. The van der Waals surface area contributed by atoms with E-state index in [1.807, 2.05) is 24.9 Å². The number of nitrogens with one attached hydrogen (secondary N) is 2. The van der Waals surface area contributed by atoms with Crippen LogP contribution >= 0.6 is 0 Å². The number of rotatable bonds is 4. The van der Waals surface area contributed by atoms with Gasteiger partial charge in [0.25, 0.3) is 11.8 Å². The molecule has 35 heavy (non-hydrogen) atoms. The second kappa shape index (κ2) is 8.52. The molecule has 3 aromatic rings. The molecule has 5 rings (SSSR count). The highest BCUT2D eigenvalue weighted by Gasteiger charge is 2.50. The molecule has 2 aliphatic heterocycles. The first kappa shape index (κ1) is 23.1. The van der Waals surface area contributed by atoms with Crippen LogP contribution in [0.25, 0.3) is 10.9 Å². The Labute approximate surface area is 204 Å². The van der Waals surface area contributed by atoms with Gasteiger partial charge in [-0.25, -0.2) is 4.79 Å². The van der Waals surface area contributed by atoms with Gasteiger partial charge in [0.15, 0.2) is 0 Å². The van der Waals surface area contributed by atoms with E-state index < -0.39 is 11.6 Å². The van der Waals surface area contributed by atoms with Crippen LogP contribution < -0.4 is 10.6 Å². The van der Waals surface area contributed by atoms with Crippen molar-refractivity contribution in [1.82, 2.24) is 25.3 Å². The van der Waals surface area contributed by atoms with Crippen LogP contribution in [-0.2, 0) is 10.3 Å². The first-order chi connectivity index (χ1) is 16.7. The molecule has 2 aliphatic rings. The minimum atomic E-state index is -1.12. The molecule has 1 unspecified atom stereocenters. The van der Waals surface area contributed by atoms with Crippen molar-refractivity contribution < 1.29 is 14.4 Å². The van der Waals surface area contributed by atoms with Crippen molar-refractivity contribution >= 4 is 28.7 Å². The predicted octanol–water partition coefficient (Wildman–Crippen LogP) is 3.82. The Balaban J connectivity index is 1.30. The standard InChI is InChI=1S/C27H31N5O3/c1-16(2)27(25(34)29-26(35)30-27)21-7-5-19(6-8-21)24(33)31-11-9-22(10-12-31)32-23-18(4)13-17(3)14-20(23)15-28-32/h5-8,13-16,22H,9-12H2,1-4H3,(H2,29,30,34,35). The van der Waals surface area contributed by atoms with E-state index in [1.54, 1.807) is 24.3 Å². The van der Waals surface area contributed by atoms with E-state index in [1.165, 1.54) is 16.6 Å². The number of piperidine rings is 1. The van der Waals surface area contributed by atoms with Gasteiger partial charge >= 0.3 is 6.03 Å². The minimum absolute atomic E-state index is 0.0226. The highest BCUT2D eigenvalue weighted by atomic mass is 16.2. The van der Waals surface area contributed by atoms with E-state index in [2.05, 4.69) is 46.4 Å². The number of nitrogens with zero attached hydrogens (tertiary/aromatic N) is 3. The Morgan fingerprint density at radius 3 is 2.37 bits per heavy atom. The third-order valence-corrected chi connectivity index (χ3v) is 7.47. The summed E-state index contributed by atoms with van der Waals surface area (Å²) in [4.78, 5) is 39.5. The van der Waals surface area contributed by atoms with E-state index in [-0.39, 0.29) is 23.8 Å². The van der Waals surface area contributed by atoms with Gasteiger partial charge in [-0.1, -0.05) is 37.6 Å². The minimum Gasteiger partial charge on any atom is -0.338 e. The van der Waals surface area contributed by atoms with Crippen LogP contribution in [0.2, 0.25) is 0 Å². The summed E-state index contributed by atoms with van der Waals surface area (Å²) < 4.78 is 2.13. The number of hydrogen-bond acceptors (Lipinski definition) is 4. The highest BCUT2D eigenvalue weighted by molar-refractivity contribution is 6.07. The van der Waals surface area contributed by atoms with Crippen LogP contribution in [0.15, 0.2) is 42.6 Å². The van der Waals surface area contributed by atoms with Crippen LogP contribution in [0.3, 0.4) is 0 Å². The van der Waals surface area contributed by atoms with Gasteiger partial charge in [-0.05, 0) is 61.9 Å². The van der Waals surface area contributed by atoms with E-state index >= 15 is 0 Å². The number of carbonyl (C=O) groups is 3. The zero-order valence-electron chi connectivity index (χ0n) is 20.6. The molecule has 182 valence electrons. The lowest BCUT2D eigenvalue weighted by Gasteiger charge is -2.33. The highest BCUT2D eigenvalue weighted by Crippen LogP contribution is 2.33. The van der Waals surface area contributed by atoms with Crippen molar-refractivity contribution in [3.63, 3.8) is 0 Å². The van der Waals surface area contributed by atoms with E-state index in [9.17, 15) is 14.4 Å². The molecule has 8 heteroatoms. The maximum absolute atomic E-state index is 13.2. The molecule has 2 aromatic carbocycles. The number of imide groups is 1. The molecule has 1 aromatic heterocycles. The van der Waals surface area contributed by atoms with Crippen molar-refractivity contribution in [1.29, 1.82) is 0 Å². The summed E-state index contributed by atoms with van der Waals surface area (Å²) in [5.41, 5.74) is 3.76. The van der Waals surface area contributed by atoms with E-state index in [0.29, 0.717) is 24.2 Å². The summed E-state index contributed by atoms with van der Waals surface area (Å²) in [6.07, 6.45) is 3.62. The lowest BCUT2D eigenvalue weighted by atomic mass is 9.79. The Bertz CT molecular complexity index is 1320. The third-order valence-electron chi connectivity index (χ3n) is 7.47. The van der Waals surface area contributed by atoms with Gasteiger partial charge in [-0.3, -0.25) is 19.6 Å². The normalized spacial score (nSPS) is 21.0. The molecular weight excluding hydrogens is 442 g/mol. The quantitative estimate of drug-likeness (QED) is 0.563. The Kier molecular flexibility index (Phi) is 5.62. The number of fused-ring (bicyclic) bond motifs is 1. The van der Waals surface area contributed by atoms with Gasteiger partial charge in [0.1, 0.15) is 5.54 Å². The molecule has 2 fully saturated rings. The third kappa shape index (κ3) is 3.77. The van der Waals surface area contributed by atoms with Crippen molar-refractivity contribution in [3.05, 3.63) is 64.8 Å². The molecule has 2 N–H and O–H groups in total. The zero-order chi connectivity index (χ0) is 24.9. The Hall–Kier alpha value is -3.68. The Morgan fingerprint density at radius 2 is 1.77 bits per heavy atom. The number of amides is 4. The fourth-order valence-electron chi connectivity index (χ4n) is 5.65. The molecule has 0 saturated carbocycles. The van der Waals surface area contributed by atoms with Crippen molar-refractivity contribution in [2.45, 2.75) is 52.1 Å². The number of carbonyl (C=O) groups excluding carboxylic acids is 3. The van der Waals surface area contributed by atoms with Crippen LogP contribution in [-0.4, -0.2) is 45.6 Å². The average molecular weight is 474 g/mol. The van der Waals surface area contributed by atoms with Crippen molar-refractivity contribution in [3.8, 4) is 0 Å². The molecule has 2 saturated heterocycles. The number of urea groups is 1. The van der Waals surface area contributed by atoms with Crippen LogP contribution in [0.1, 0.15) is 59.8 Å². The van der Waals surface area contributed by atoms with E-state index in [4.69, 9.17) is 0 Å². The summed E-state index contributed by atoms with van der Waals surface area (Å²) >= 11 is 0. The first-order valence-electron chi connectivity index (χ1n) is 12.2. The lowest BCUT2D eigenvalue weighted by Crippen LogP contribution is -2.48. The molecule has 3 heterocycles. The molecule has 1 atom stereocenters. The Morgan fingerprint density at radius 1 is 1.09 bits per heavy atom. The molecule has 0 aliphatic carbocycles. The van der Waals surface area contributed by atoms with E-state index in [0.717, 1.165) is 18.2 Å². The first-order valence-corrected chi connectivity index (χ1v) is 12.2. The van der Waals surface area contributed by atoms with Crippen LogP contribution in [0.5, 0.6) is 0 Å². The summed E-state index contributed by atoms with van der Waals surface area (Å²) in [6, 6.07) is 11.2. The van der Waals surface area contributed by atoms with Gasteiger partial charge < -0.3 is 10.2 Å². The zero-order valence-corrected chi connectivity index (χ0v) is 20.6. The second-order valence-corrected chi connectivity index (χ2v) is 10.1. The van der Waals surface area contributed by atoms with Gasteiger partial charge in [-0.2, -0.15) is 5.10 Å². The average Bonchev–Trinajstić information content (AvgIpc) is 3.39. The topological polar surface area (TPSA) is 96.3 Å². The largest absolute Gasteiger partial charge is 0.338 e. The molecule has 4 amide bonds. The monoisotopic (exact) mass is 473 g/mol. The van der Waals surface area contributed by atoms with Crippen molar-refractivity contribution in [2.24, 2.45) is 5.92 Å². The number of likely N-dealkylation sites (tertiary alicyclic amines) is 1. The summed E-state index contributed by atoms with van der Waals surface area (Å²) in [7, 11) is 0. The fraction of sp³-hybridized carbons (Fsp3) is 0.407. The summed E-state index contributed by atoms with van der Waals surface area (Å²) in [5.74, 6) is -0.540. The molecular formula is C27H31N5O3. The fourth-order valence-corrected chi connectivity index (χ4v) is 5.65. The second-order valence-electron chi connectivity index (χ2n) is 10.1.